The van der Waals surface area contributed by atoms with E-state index < -0.39 is 0 Å². The lowest BCUT2D eigenvalue weighted by molar-refractivity contribution is 0.265. The summed E-state index contributed by atoms with van der Waals surface area (Å²) in [5.41, 5.74) is 3.34. The zero-order chi connectivity index (χ0) is 13.8. The van der Waals surface area contributed by atoms with E-state index in [1.54, 1.807) is 0 Å². The number of hydrogen-bond donors (Lipinski definition) is 2. The molecule has 1 aliphatic heterocycles. The van der Waals surface area contributed by atoms with Crippen LogP contribution in [0.2, 0.25) is 0 Å². The third kappa shape index (κ3) is 3.67. The Morgan fingerprint density at radius 1 is 1.47 bits per heavy atom. The smallest absolute Gasteiger partial charge is 0.252 e. The van der Waals surface area contributed by atoms with Gasteiger partial charge < -0.3 is 10.3 Å². The topological polar surface area (TPSA) is 48.1 Å². The first kappa shape index (κ1) is 14.3. The van der Waals surface area contributed by atoms with Crippen molar-refractivity contribution in [3.8, 4) is 0 Å². The Bertz CT molecular complexity index is 479. The molecule has 1 aromatic heterocycles. The van der Waals surface area contributed by atoms with Gasteiger partial charge in [0, 0.05) is 37.3 Å². The molecule has 4 nitrogen and oxygen atoms in total. The number of fused-ring (bicyclic) bond motifs is 1. The van der Waals surface area contributed by atoms with Crippen molar-refractivity contribution in [2.45, 2.75) is 40.3 Å². The summed E-state index contributed by atoms with van der Waals surface area (Å²) >= 11 is 0. The van der Waals surface area contributed by atoms with Gasteiger partial charge in [0.1, 0.15) is 0 Å². The number of aromatic nitrogens is 1. The second-order valence-electron chi connectivity index (χ2n) is 5.77. The van der Waals surface area contributed by atoms with Gasteiger partial charge in [-0.15, -0.1) is 0 Å². The molecule has 0 saturated heterocycles. The molecule has 0 aliphatic carbocycles. The van der Waals surface area contributed by atoms with Crippen molar-refractivity contribution in [2.75, 3.05) is 19.6 Å². The van der Waals surface area contributed by atoms with Crippen molar-refractivity contribution in [2.24, 2.45) is 5.92 Å². The monoisotopic (exact) mass is 263 g/mol. The van der Waals surface area contributed by atoms with Crippen LogP contribution >= 0.6 is 0 Å². The highest BCUT2D eigenvalue weighted by atomic mass is 16.1. The molecule has 0 radical (unpaired) electrons. The average Bonchev–Trinajstić information content (AvgIpc) is 2.38. The zero-order valence-corrected chi connectivity index (χ0v) is 12.3. The number of nitrogens with one attached hydrogen (secondary N) is 2. The first-order valence-electron chi connectivity index (χ1n) is 7.27. The molecule has 0 saturated carbocycles. The molecule has 1 aliphatic rings. The summed E-state index contributed by atoms with van der Waals surface area (Å²) in [6, 6.07) is 2.09. The summed E-state index contributed by atoms with van der Waals surface area (Å²) in [6.45, 7) is 11.2. The minimum absolute atomic E-state index is 0.0694. The number of likely N-dealkylation sites (N-methyl/N-ethyl adjacent to an activating group) is 1. The van der Waals surface area contributed by atoms with E-state index >= 15 is 0 Å². The normalized spacial score (nSPS) is 15.8. The maximum atomic E-state index is 12.0. The van der Waals surface area contributed by atoms with Crippen LogP contribution in [-0.2, 0) is 19.5 Å². The number of rotatable bonds is 5. The predicted molar refractivity (Wildman–Crippen MR) is 78.3 cm³/mol. The SMILES string of the molecule is CCN1CCc2[nH]c(=O)c(CNCC(C)C)cc2C1. The number of nitrogens with zero attached hydrogens (tertiary/aromatic N) is 1. The third-order valence-electron chi connectivity index (χ3n) is 3.68. The van der Waals surface area contributed by atoms with Gasteiger partial charge in [-0.05, 0) is 30.6 Å². The van der Waals surface area contributed by atoms with Crippen molar-refractivity contribution in [3.63, 3.8) is 0 Å². The molecule has 0 spiro atoms. The number of pyridine rings is 1. The van der Waals surface area contributed by atoms with Crippen LogP contribution in [-0.4, -0.2) is 29.5 Å². The lowest BCUT2D eigenvalue weighted by atomic mass is 10.0. The number of hydrogen-bond acceptors (Lipinski definition) is 3. The van der Waals surface area contributed by atoms with Crippen LogP contribution < -0.4 is 10.9 Å². The van der Waals surface area contributed by atoms with E-state index in [4.69, 9.17) is 0 Å². The number of aromatic amines is 1. The van der Waals surface area contributed by atoms with Crippen molar-refractivity contribution < 1.29 is 0 Å². The molecule has 0 atom stereocenters. The Balaban J connectivity index is 2.11. The number of H-pyrrole nitrogens is 1. The van der Waals surface area contributed by atoms with E-state index in [-0.39, 0.29) is 5.56 Å². The fraction of sp³-hybridized carbons (Fsp3) is 0.667. The van der Waals surface area contributed by atoms with Crippen LogP contribution in [0.25, 0.3) is 0 Å². The molecule has 2 heterocycles. The molecule has 2 rings (SSSR count). The van der Waals surface area contributed by atoms with Crippen LogP contribution in [0.1, 0.15) is 37.6 Å². The lowest BCUT2D eigenvalue weighted by Crippen LogP contribution is -2.33. The summed E-state index contributed by atoms with van der Waals surface area (Å²) < 4.78 is 0. The molecule has 0 unspecified atom stereocenters. The largest absolute Gasteiger partial charge is 0.326 e. The fourth-order valence-electron chi connectivity index (χ4n) is 2.51. The van der Waals surface area contributed by atoms with Gasteiger partial charge in [-0.25, -0.2) is 0 Å². The highest BCUT2D eigenvalue weighted by molar-refractivity contribution is 5.27. The highest BCUT2D eigenvalue weighted by Crippen LogP contribution is 2.16. The van der Waals surface area contributed by atoms with Gasteiger partial charge in [-0.1, -0.05) is 20.8 Å². The first-order valence-corrected chi connectivity index (χ1v) is 7.27. The molecule has 0 bridgehead atoms. The summed E-state index contributed by atoms with van der Waals surface area (Å²) in [6.07, 6.45) is 0.956. The van der Waals surface area contributed by atoms with E-state index in [0.717, 1.165) is 43.9 Å². The Morgan fingerprint density at radius 2 is 2.26 bits per heavy atom. The van der Waals surface area contributed by atoms with Gasteiger partial charge >= 0.3 is 0 Å². The van der Waals surface area contributed by atoms with Gasteiger partial charge in [0.2, 0.25) is 0 Å². The van der Waals surface area contributed by atoms with E-state index in [2.05, 4.69) is 42.0 Å². The summed E-state index contributed by atoms with van der Waals surface area (Å²) in [4.78, 5) is 17.5. The van der Waals surface area contributed by atoms with Crippen LogP contribution in [0.3, 0.4) is 0 Å². The second kappa shape index (κ2) is 6.35. The first-order chi connectivity index (χ1) is 9.10. The zero-order valence-electron chi connectivity index (χ0n) is 12.3. The van der Waals surface area contributed by atoms with Crippen molar-refractivity contribution in [1.82, 2.24) is 15.2 Å². The molecule has 1 aromatic rings. The van der Waals surface area contributed by atoms with Crippen molar-refractivity contribution in [1.29, 1.82) is 0 Å². The molecule has 0 aromatic carbocycles. The Morgan fingerprint density at radius 3 is 2.95 bits per heavy atom. The van der Waals surface area contributed by atoms with Crippen LogP contribution in [0, 0.1) is 5.92 Å². The maximum absolute atomic E-state index is 12.0. The minimum atomic E-state index is 0.0694. The van der Waals surface area contributed by atoms with Crippen LogP contribution in [0.15, 0.2) is 10.9 Å². The molecule has 0 fully saturated rings. The highest BCUT2D eigenvalue weighted by Gasteiger charge is 2.17. The Labute approximate surface area is 115 Å². The molecular formula is C15H25N3O. The molecular weight excluding hydrogens is 238 g/mol. The van der Waals surface area contributed by atoms with Crippen LogP contribution in [0.4, 0.5) is 0 Å². The quantitative estimate of drug-likeness (QED) is 0.846. The van der Waals surface area contributed by atoms with Gasteiger partial charge in [0.15, 0.2) is 0 Å². The van der Waals surface area contributed by atoms with E-state index in [0.29, 0.717) is 12.5 Å². The van der Waals surface area contributed by atoms with Gasteiger partial charge in [0.05, 0.1) is 0 Å². The Hall–Kier alpha value is -1.13. The molecule has 106 valence electrons. The minimum Gasteiger partial charge on any atom is -0.326 e. The van der Waals surface area contributed by atoms with E-state index in [1.807, 2.05) is 0 Å². The van der Waals surface area contributed by atoms with Gasteiger partial charge in [-0.3, -0.25) is 9.69 Å². The van der Waals surface area contributed by atoms with Gasteiger partial charge in [-0.2, -0.15) is 0 Å². The molecule has 2 N–H and O–H groups in total. The third-order valence-corrected chi connectivity index (χ3v) is 3.68. The maximum Gasteiger partial charge on any atom is 0.252 e. The van der Waals surface area contributed by atoms with Crippen LogP contribution in [0.5, 0.6) is 0 Å². The summed E-state index contributed by atoms with van der Waals surface area (Å²) in [5, 5.41) is 3.34. The van der Waals surface area contributed by atoms with E-state index in [1.165, 1.54) is 5.56 Å². The van der Waals surface area contributed by atoms with Crippen molar-refractivity contribution >= 4 is 0 Å². The second-order valence-corrected chi connectivity index (χ2v) is 5.77. The lowest BCUT2D eigenvalue weighted by Gasteiger charge is -2.27. The van der Waals surface area contributed by atoms with Gasteiger partial charge in [0.25, 0.3) is 5.56 Å². The standard InChI is InChI=1S/C15H25N3O/c1-4-18-6-5-14-13(10-18)7-12(15(19)17-14)9-16-8-11(2)3/h7,11,16H,4-6,8-10H2,1-3H3,(H,17,19). The van der Waals surface area contributed by atoms with Crippen molar-refractivity contribution in [3.05, 3.63) is 33.2 Å². The summed E-state index contributed by atoms with van der Waals surface area (Å²) in [5.74, 6) is 0.604. The average molecular weight is 263 g/mol. The summed E-state index contributed by atoms with van der Waals surface area (Å²) in [7, 11) is 0. The molecule has 19 heavy (non-hydrogen) atoms. The molecule has 4 heteroatoms. The fourth-order valence-corrected chi connectivity index (χ4v) is 2.51. The predicted octanol–water partition coefficient (Wildman–Crippen LogP) is 1.50. The van der Waals surface area contributed by atoms with E-state index in [9.17, 15) is 4.79 Å². The Kier molecular flexibility index (Phi) is 4.77. The molecule has 0 amide bonds.